The number of halogens is 3. The van der Waals surface area contributed by atoms with Crippen LogP contribution in [0.5, 0.6) is 0 Å². The van der Waals surface area contributed by atoms with E-state index in [1.54, 1.807) is 23.0 Å². The van der Waals surface area contributed by atoms with Gasteiger partial charge >= 0.3 is 6.18 Å². The summed E-state index contributed by atoms with van der Waals surface area (Å²) in [5, 5.41) is 15.3. The highest BCUT2D eigenvalue weighted by molar-refractivity contribution is 5.69. The van der Waals surface area contributed by atoms with Crippen LogP contribution in [0.2, 0.25) is 0 Å². The van der Waals surface area contributed by atoms with Crippen LogP contribution < -0.4 is 9.80 Å². The molecule has 0 atom stereocenters. The lowest BCUT2D eigenvalue weighted by molar-refractivity contribution is -0.146. The number of aromatic nitrogens is 7. The average Bonchev–Trinajstić information content (AvgIpc) is 3.29. The lowest BCUT2D eigenvalue weighted by atomic mass is 10.3. The summed E-state index contributed by atoms with van der Waals surface area (Å²) in [7, 11) is 0. The van der Waals surface area contributed by atoms with Gasteiger partial charge in [-0.3, -0.25) is 0 Å². The fraction of sp³-hybridized carbons (Fsp3) is 0.353. The Balaban J connectivity index is 1.39. The maximum absolute atomic E-state index is 13.1. The van der Waals surface area contributed by atoms with Gasteiger partial charge in [0.15, 0.2) is 11.5 Å². The molecular formula is C17H16F3N9. The number of fused-ring (bicyclic) bond motifs is 2. The molecule has 1 saturated heterocycles. The predicted molar refractivity (Wildman–Crippen MR) is 97.9 cm³/mol. The highest BCUT2D eigenvalue weighted by Gasteiger charge is 2.38. The zero-order valence-electron chi connectivity index (χ0n) is 15.4. The molecule has 4 aromatic rings. The first-order valence-electron chi connectivity index (χ1n) is 9.01. The third kappa shape index (κ3) is 3.00. The Labute approximate surface area is 162 Å². The summed E-state index contributed by atoms with van der Waals surface area (Å²) in [6.45, 7) is 4.43. The van der Waals surface area contributed by atoms with Crippen molar-refractivity contribution in [3.8, 4) is 0 Å². The van der Waals surface area contributed by atoms with Crippen LogP contribution in [0.1, 0.15) is 11.5 Å². The van der Waals surface area contributed by atoms with E-state index in [0.29, 0.717) is 32.0 Å². The number of rotatable bonds is 2. The molecule has 5 heterocycles. The molecule has 0 aliphatic carbocycles. The lowest BCUT2D eigenvalue weighted by Gasteiger charge is -2.36. The van der Waals surface area contributed by atoms with Gasteiger partial charge in [0, 0.05) is 38.6 Å². The van der Waals surface area contributed by atoms with E-state index in [1.807, 2.05) is 17.9 Å². The van der Waals surface area contributed by atoms with Crippen LogP contribution in [0, 0.1) is 6.92 Å². The van der Waals surface area contributed by atoms with E-state index in [2.05, 4.69) is 30.3 Å². The summed E-state index contributed by atoms with van der Waals surface area (Å²) in [5.74, 6) is 0.170. The average molecular weight is 403 g/mol. The molecule has 1 aliphatic heterocycles. The normalized spacial score (nSPS) is 15.6. The third-order valence-electron chi connectivity index (χ3n) is 4.90. The van der Waals surface area contributed by atoms with Gasteiger partial charge in [-0.15, -0.1) is 15.3 Å². The summed E-state index contributed by atoms with van der Waals surface area (Å²) < 4.78 is 41.8. The topological polar surface area (TPSA) is 79.8 Å². The second-order valence-electron chi connectivity index (χ2n) is 6.82. The molecule has 5 rings (SSSR count). The minimum atomic E-state index is -4.61. The minimum absolute atomic E-state index is 0.0618. The van der Waals surface area contributed by atoms with Crippen LogP contribution in [0.4, 0.5) is 24.8 Å². The molecule has 0 radical (unpaired) electrons. The largest absolute Gasteiger partial charge is 0.453 e. The van der Waals surface area contributed by atoms with Crippen molar-refractivity contribution in [2.45, 2.75) is 13.1 Å². The van der Waals surface area contributed by atoms with E-state index < -0.39 is 12.0 Å². The second-order valence-corrected chi connectivity index (χ2v) is 6.82. The van der Waals surface area contributed by atoms with Crippen molar-refractivity contribution in [3.63, 3.8) is 0 Å². The number of nitrogens with zero attached hydrogens (tertiary/aromatic N) is 9. The van der Waals surface area contributed by atoms with E-state index in [9.17, 15) is 13.2 Å². The zero-order valence-corrected chi connectivity index (χ0v) is 15.4. The standard InChI is InChI=1S/C17H16F3N9/c1-11-10-12-15(21-4-5-28(12)24-11)27-8-6-26(7-9-27)14-3-2-13-22-23-16(17(18,19)20)29(13)25-14/h2-5,10H,6-9H2,1H3. The molecule has 150 valence electrons. The molecule has 1 fully saturated rings. The summed E-state index contributed by atoms with van der Waals surface area (Å²) in [6.07, 6.45) is -1.10. The Kier molecular flexibility index (Phi) is 3.83. The molecule has 0 saturated carbocycles. The Morgan fingerprint density at radius 1 is 0.966 bits per heavy atom. The van der Waals surface area contributed by atoms with Crippen molar-refractivity contribution in [2.24, 2.45) is 0 Å². The monoisotopic (exact) mass is 403 g/mol. The number of alkyl halides is 3. The summed E-state index contributed by atoms with van der Waals surface area (Å²) in [5.41, 5.74) is 1.90. The quantitative estimate of drug-likeness (QED) is 0.505. The van der Waals surface area contributed by atoms with Crippen LogP contribution in [-0.2, 0) is 6.18 Å². The van der Waals surface area contributed by atoms with Crippen LogP contribution in [0.25, 0.3) is 11.2 Å². The molecule has 0 spiro atoms. The number of aryl methyl sites for hydroxylation is 1. The second kappa shape index (κ2) is 6.29. The van der Waals surface area contributed by atoms with Gasteiger partial charge in [-0.25, -0.2) is 9.50 Å². The van der Waals surface area contributed by atoms with Crippen molar-refractivity contribution in [1.82, 2.24) is 34.4 Å². The van der Waals surface area contributed by atoms with E-state index >= 15 is 0 Å². The fourth-order valence-corrected chi connectivity index (χ4v) is 3.55. The van der Waals surface area contributed by atoms with Crippen molar-refractivity contribution in [2.75, 3.05) is 36.0 Å². The lowest BCUT2D eigenvalue weighted by Crippen LogP contribution is -2.47. The molecule has 0 unspecified atom stereocenters. The minimum Gasteiger partial charge on any atom is -0.352 e. The Bertz CT molecular complexity index is 1190. The van der Waals surface area contributed by atoms with Crippen LogP contribution in [-0.4, -0.2) is 60.6 Å². The molecule has 0 N–H and O–H groups in total. The summed E-state index contributed by atoms with van der Waals surface area (Å²) >= 11 is 0. The fourth-order valence-electron chi connectivity index (χ4n) is 3.55. The van der Waals surface area contributed by atoms with Crippen molar-refractivity contribution >= 4 is 22.8 Å². The van der Waals surface area contributed by atoms with Crippen LogP contribution in [0.3, 0.4) is 0 Å². The molecule has 9 nitrogen and oxygen atoms in total. The predicted octanol–water partition coefficient (Wildman–Crippen LogP) is 1.82. The highest BCUT2D eigenvalue weighted by Crippen LogP contribution is 2.28. The van der Waals surface area contributed by atoms with Gasteiger partial charge in [-0.05, 0) is 25.1 Å². The first kappa shape index (κ1) is 17.6. The number of piperazine rings is 1. The van der Waals surface area contributed by atoms with E-state index in [-0.39, 0.29) is 5.65 Å². The molecule has 12 heteroatoms. The van der Waals surface area contributed by atoms with E-state index in [0.717, 1.165) is 21.5 Å². The van der Waals surface area contributed by atoms with E-state index in [1.165, 1.54) is 6.07 Å². The van der Waals surface area contributed by atoms with E-state index in [4.69, 9.17) is 0 Å². The Morgan fingerprint density at radius 3 is 2.48 bits per heavy atom. The molecule has 1 aliphatic rings. The van der Waals surface area contributed by atoms with Gasteiger partial charge in [0.25, 0.3) is 5.82 Å². The van der Waals surface area contributed by atoms with Crippen LogP contribution in [0.15, 0.2) is 30.6 Å². The molecular weight excluding hydrogens is 387 g/mol. The van der Waals surface area contributed by atoms with Gasteiger partial charge in [-0.1, -0.05) is 0 Å². The SMILES string of the molecule is Cc1cc2c(N3CCN(c4ccc5nnc(C(F)(F)F)n5n4)CC3)nccn2n1. The Hall–Kier alpha value is -3.44. The van der Waals surface area contributed by atoms with Crippen LogP contribution >= 0.6 is 0 Å². The first-order chi connectivity index (χ1) is 13.9. The number of hydrogen-bond acceptors (Lipinski definition) is 7. The number of hydrogen-bond donors (Lipinski definition) is 0. The van der Waals surface area contributed by atoms with Crippen molar-refractivity contribution in [3.05, 3.63) is 42.1 Å². The third-order valence-corrected chi connectivity index (χ3v) is 4.90. The van der Waals surface area contributed by atoms with Gasteiger partial charge < -0.3 is 9.80 Å². The maximum atomic E-state index is 13.1. The maximum Gasteiger partial charge on any atom is 0.453 e. The highest BCUT2D eigenvalue weighted by atomic mass is 19.4. The smallest absolute Gasteiger partial charge is 0.352 e. The van der Waals surface area contributed by atoms with Gasteiger partial charge in [0.05, 0.1) is 5.69 Å². The summed E-state index contributed by atoms with van der Waals surface area (Å²) in [6, 6.07) is 5.14. The van der Waals surface area contributed by atoms with Gasteiger partial charge in [0.2, 0.25) is 0 Å². The number of anilines is 2. The van der Waals surface area contributed by atoms with Crippen molar-refractivity contribution in [1.29, 1.82) is 0 Å². The first-order valence-corrected chi connectivity index (χ1v) is 9.01. The van der Waals surface area contributed by atoms with Gasteiger partial charge in [0.1, 0.15) is 11.3 Å². The Morgan fingerprint density at radius 2 is 1.72 bits per heavy atom. The molecule has 29 heavy (non-hydrogen) atoms. The summed E-state index contributed by atoms with van der Waals surface area (Å²) in [4.78, 5) is 8.59. The molecule has 0 bridgehead atoms. The zero-order chi connectivity index (χ0) is 20.2. The molecule has 0 amide bonds. The molecule has 4 aromatic heterocycles. The van der Waals surface area contributed by atoms with Gasteiger partial charge in [-0.2, -0.15) is 22.8 Å². The molecule has 0 aromatic carbocycles. The van der Waals surface area contributed by atoms with Crippen molar-refractivity contribution < 1.29 is 13.2 Å².